The van der Waals surface area contributed by atoms with Crippen molar-refractivity contribution in [2.24, 2.45) is 5.92 Å². The van der Waals surface area contributed by atoms with E-state index in [1.54, 1.807) is 24.3 Å². The zero-order valence-electron chi connectivity index (χ0n) is 12.6. The Labute approximate surface area is 127 Å². The first-order valence-corrected chi connectivity index (χ1v) is 7.46. The van der Waals surface area contributed by atoms with E-state index in [4.69, 9.17) is 4.42 Å². The molecule has 1 fully saturated rings. The number of nitro groups is 1. The molecule has 2 atom stereocenters. The standard InChI is InChI=1S/C16H18N2O4/c1-10-7-8-17(11(2)9-10)14-12-5-3-4-6-13(12)22-16(19)15(14)18(20)21/h3-6,10-11H,7-9H2,1-2H3/t10-,11-/m0/s1. The van der Waals surface area contributed by atoms with Gasteiger partial charge in [-0.05, 0) is 37.8 Å². The van der Waals surface area contributed by atoms with Gasteiger partial charge in [0.25, 0.3) is 0 Å². The molecule has 116 valence electrons. The quantitative estimate of drug-likeness (QED) is 0.483. The lowest BCUT2D eigenvalue weighted by atomic mass is 9.92. The average molecular weight is 302 g/mol. The molecule has 0 spiro atoms. The normalized spacial score (nSPS) is 22.0. The van der Waals surface area contributed by atoms with Gasteiger partial charge in [0.05, 0.1) is 4.92 Å². The van der Waals surface area contributed by atoms with Crippen LogP contribution in [0.25, 0.3) is 11.0 Å². The van der Waals surface area contributed by atoms with Gasteiger partial charge in [0.15, 0.2) is 0 Å². The molecule has 1 aromatic heterocycles. The van der Waals surface area contributed by atoms with Gasteiger partial charge in [0.1, 0.15) is 11.3 Å². The Bertz CT molecular complexity index is 783. The van der Waals surface area contributed by atoms with Crippen LogP contribution in [0.4, 0.5) is 11.4 Å². The van der Waals surface area contributed by atoms with Crippen molar-refractivity contribution in [2.75, 3.05) is 11.4 Å². The first-order valence-electron chi connectivity index (χ1n) is 7.46. The molecule has 0 N–H and O–H groups in total. The van der Waals surface area contributed by atoms with E-state index in [2.05, 4.69) is 6.92 Å². The van der Waals surface area contributed by atoms with Gasteiger partial charge in [-0.2, -0.15) is 0 Å². The van der Waals surface area contributed by atoms with Crippen molar-refractivity contribution in [2.45, 2.75) is 32.7 Å². The van der Waals surface area contributed by atoms with E-state index < -0.39 is 16.2 Å². The van der Waals surface area contributed by atoms with E-state index in [1.807, 2.05) is 11.8 Å². The Balaban J connectivity index is 2.28. The second-order valence-electron chi connectivity index (χ2n) is 6.01. The maximum atomic E-state index is 12.1. The summed E-state index contributed by atoms with van der Waals surface area (Å²) in [5.74, 6) is 0.580. The second kappa shape index (κ2) is 5.44. The van der Waals surface area contributed by atoms with Crippen LogP contribution in [-0.4, -0.2) is 17.5 Å². The number of fused-ring (bicyclic) bond motifs is 1. The lowest BCUT2D eigenvalue weighted by Crippen LogP contribution is -2.41. The van der Waals surface area contributed by atoms with Crippen molar-refractivity contribution in [1.82, 2.24) is 0 Å². The summed E-state index contributed by atoms with van der Waals surface area (Å²) in [6.07, 6.45) is 1.90. The highest BCUT2D eigenvalue weighted by Gasteiger charge is 2.33. The van der Waals surface area contributed by atoms with Gasteiger partial charge >= 0.3 is 11.3 Å². The minimum Gasteiger partial charge on any atom is -0.418 e. The number of nitrogens with zero attached hydrogens (tertiary/aromatic N) is 2. The van der Waals surface area contributed by atoms with Crippen LogP contribution in [0.3, 0.4) is 0 Å². The van der Waals surface area contributed by atoms with Gasteiger partial charge in [-0.15, -0.1) is 0 Å². The van der Waals surface area contributed by atoms with Crippen LogP contribution in [0.2, 0.25) is 0 Å². The monoisotopic (exact) mass is 302 g/mol. The predicted molar refractivity (Wildman–Crippen MR) is 84.3 cm³/mol. The maximum absolute atomic E-state index is 12.1. The van der Waals surface area contributed by atoms with Gasteiger partial charge in [-0.1, -0.05) is 19.1 Å². The molecule has 1 aliphatic heterocycles. The summed E-state index contributed by atoms with van der Waals surface area (Å²) in [5, 5.41) is 12.0. The Morgan fingerprint density at radius 1 is 1.32 bits per heavy atom. The molecule has 3 rings (SSSR count). The third-order valence-corrected chi connectivity index (χ3v) is 4.37. The Morgan fingerprint density at radius 3 is 2.73 bits per heavy atom. The highest BCUT2D eigenvalue weighted by molar-refractivity contribution is 5.95. The molecule has 1 saturated heterocycles. The van der Waals surface area contributed by atoms with E-state index in [9.17, 15) is 14.9 Å². The molecule has 2 aromatic rings. The van der Waals surface area contributed by atoms with E-state index in [0.717, 1.165) is 12.8 Å². The number of hydrogen-bond acceptors (Lipinski definition) is 5. The van der Waals surface area contributed by atoms with E-state index >= 15 is 0 Å². The summed E-state index contributed by atoms with van der Waals surface area (Å²) < 4.78 is 5.12. The van der Waals surface area contributed by atoms with Crippen LogP contribution in [0.5, 0.6) is 0 Å². The summed E-state index contributed by atoms with van der Waals surface area (Å²) in [4.78, 5) is 24.8. The van der Waals surface area contributed by atoms with Crippen molar-refractivity contribution < 1.29 is 9.34 Å². The van der Waals surface area contributed by atoms with Gasteiger partial charge in [0, 0.05) is 18.0 Å². The minimum absolute atomic E-state index is 0.146. The lowest BCUT2D eigenvalue weighted by Gasteiger charge is -2.38. The largest absolute Gasteiger partial charge is 0.418 e. The Hall–Kier alpha value is -2.37. The van der Waals surface area contributed by atoms with Crippen molar-refractivity contribution in [3.63, 3.8) is 0 Å². The highest BCUT2D eigenvalue weighted by atomic mass is 16.6. The molecule has 0 saturated carbocycles. The Kier molecular flexibility index (Phi) is 3.60. The van der Waals surface area contributed by atoms with E-state index in [1.165, 1.54) is 0 Å². The smallest absolute Gasteiger partial charge is 0.417 e. The summed E-state index contributed by atoms with van der Waals surface area (Å²) in [6, 6.07) is 7.13. The molecule has 0 bridgehead atoms. The average Bonchev–Trinajstić information content (AvgIpc) is 2.46. The molecule has 0 radical (unpaired) electrons. The van der Waals surface area contributed by atoms with Crippen molar-refractivity contribution in [3.8, 4) is 0 Å². The summed E-state index contributed by atoms with van der Waals surface area (Å²) in [7, 11) is 0. The van der Waals surface area contributed by atoms with Crippen molar-refractivity contribution in [3.05, 3.63) is 44.8 Å². The second-order valence-corrected chi connectivity index (χ2v) is 6.01. The molecular weight excluding hydrogens is 284 g/mol. The van der Waals surface area contributed by atoms with Gasteiger partial charge < -0.3 is 9.32 Å². The Morgan fingerprint density at radius 2 is 2.05 bits per heavy atom. The van der Waals surface area contributed by atoms with Crippen LogP contribution < -0.4 is 10.5 Å². The third-order valence-electron chi connectivity index (χ3n) is 4.37. The van der Waals surface area contributed by atoms with Crippen molar-refractivity contribution >= 4 is 22.3 Å². The highest BCUT2D eigenvalue weighted by Crippen LogP contribution is 2.37. The zero-order chi connectivity index (χ0) is 15.9. The van der Waals surface area contributed by atoms with Crippen LogP contribution in [0.15, 0.2) is 33.5 Å². The minimum atomic E-state index is -0.885. The van der Waals surface area contributed by atoms with Gasteiger partial charge in [0.2, 0.25) is 0 Å². The maximum Gasteiger partial charge on any atom is 0.417 e. The zero-order valence-corrected chi connectivity index (χ0v) is 12.6. The number of para-hydroxylation sites is 1. The molecule has 0 aliphatic carbocycles. The molecule has 2 heterocycles. The summed E-state index contributed by atoms with van der Waals surface area (Å²) in [6.45, 7) is 4.93. The fourth-order valence-electron chi connectivity index (χ4n) is 3.31. The molecule has 22 heavy (non-hydrogen) atoms. The number of benzene rings is 1. The first kappa shape index (κ1) is 14.6. The fraction of sp³-hybridized carbons (Fsp3) is 0.438. The van der Waals surface area contributed by atoms with Gasteiger partial charge in [-0.25, -0.2) is 4.79 Å². The number of anilines is 1. The number of rotatable bonds is 2. The van der Waals surface area contributed by atoms with E-state index in [-0.39, 0.29) is 6.04 Å². The van der Waals surface area contributed by atoms with Crippen molar-refractivity contribution in [1.29, 1.82) is 0 Å². The topological polar surface area (TPSA) is 76.6 Å². The first-order chi connectivity index (χ1) is 10.5. The van der Waals surface area contributed by atoms with Crippen LogP contribution in [0, 0.1) is 16.0 Å². The number of piperidine rings is 1. The molecule has 1 aromatic carbocycles. The molecule has 0 amide bonds. The lowest BCUT2D eigenvalue weighted by molar-refractivity contribution is -0.386. The molecule has 1 aliphatic rings. The summed E-state index contributed by atoms with van der Waals surface area (Å²) >= 11 is 0. The van der Waals surface area contributed by atoms with Crippen LogP contribution >= 0.6 is 0 Å². The van der Waals surface area contributed by atoms with E-state index in [0.29, 0.717) is 29.1 Å². The SMILES string of the molecule is C[C@H]1CCN(c2c([N+](=O)[O-])c(=O)oc3ccccc23)[C@@H](C)C1. The fourth-order valence-corrected chi connectivity index (χ4v) is 3.31. The van der Waals surface area contributed by atoms with Gasteiger partial charge in [-0.3, -0.25) is 10.1 Å². The molecule has 6 heteroatoms. The third kappa shape index (κ3) is 2.34. The molecular formula is C16H18N2O4. The van der Waals surface area contributed by atoms with Crippen LogP contribution in [-0.2, 0) is 0 Å². The van der Waals surface area contributed by atoms with Crippen LogP contribution in [0.1, 0.15) is 26.7 Å². The molecule has 6 nitrogen and oxygen atoms in total. The molecule has 0 unspecified atom stereocenters. The summed E-state index contributed by atoms with van der Waals surface area (Å²) in [5.41, 5.74) is -0.556. The predicted octanol–water partition coefficient (Wildman–Crippen LogP) is 3.33. The number of hydrogen-bond donors (Lipinski definition) is 0.